The van der Waals surface area contributed by atoms with Crippen LogP contribution >= 0.6 is 12.4 Å². The number of hydrogen-bond donors (Lipinski definition) is 1. The van der Waals surface area contributed by atoms with Crippen LogP contribution in [0, 0.1) is 10.1 Å². The number of halogens is 1. The first-order chi connectivity index (χ1) is 9.58. The first-order valence-corrected chi connectivity index (χ1v) is 6.77. The average Bonchev–Trinajstić information content (AvgIpc) is 2.47. The zero-order valence-electron chi connectivity index (χ0n) is 11.9. The van der Waals surface area contributed by atoms with E-state index in [1.165, 1.54) is 12.1 Å². The number of nitrogens with one attached hydrogen (secondary N) is 1. The molecule has 1 aliphatic heterocycles. The molecular weight excluding hydrogens is 294 g/mol. The van der Waals surface area contributed by atoms with Crippen LogP contribution in [0.15, 0.2) is 24.3 Å². The van der Waals surface area contributed by atoms with Crippen molar-refractivity contribution in [2.45, 2.75) is 25.3 Å². The Hall–Kier alpha value is -1.66. The van der Waals surface area contributed by atoms with Crippen molar-refractivity contribution in [1.29, 1.82) is 0 Å². The lowest BCUT2D eigenvalue weighted by atomic mass is 10.0. The van der Waals surface area contributed by atoms with Gasteiger partial charge in [0, 0.05) is 25.2 Å². The number of nitro benzene ring substituents is 1. The summed E-state index contributed by atoms with van der Waals surface area (Å²) in [6.45, 7) is 1.86. The van der Waals surface area contributed by atoms with E-state index in [0.29, 0.717) is 5.56 Å². The van der Waals surface area contributed by atoms with Gasteiger partial charge in [0.15, 0.2) is 0 Å². The Labute approximate surface area is 130 Å². The maximum absolute atomic E-state index is 12.2. The number of hydrogen-bond acceptors (Lipinski definition) is 4. The number of carbonyl (C=O) groups excluding carboxylic acids is 1. The van der Waals surface area contributed by atoms with Crippen molar-refractivity contribution in [1.82, 2.24) is 10.2 Å². The minimum atomic E-state index is -0.440. The van der Waals surface area contributed by atoms with E-state index in [1.54, 1.807) is 17.0 Å². The topological polar surface area (TPSA) is 75.5 Å². The number of nitro groups is 1. The van der Waals surface area contributed by atoms with Gasteiger partial charge in [-0.05, 0) is 31.5 Å². The van der Waals surface area contributed by atoms with Crippen molar-refractivity contribution in [2.24, 2.45) is 0 Å². The molecule has 0 saturated carbocycles. The Morgan fingerprint density at radius 3 is 2.71 bits per heavy atom. The lowest BCUT2D eigenvalue weighted by Crippen LogP contribution is -2.44. The number of carbonyl (C=O) groups is 1. The fourth-order valence-electron chi connectivity index (χ4n) is 2.48. The summed E-state index contributed by atoms with van der Waals surface area (Å²) in [5.74, 6) is 0.0115. The first-order valence-electron chi connectivity index (χ1n) is 6.77. The summed E-state index contributed by atoms with van der Waals surface area (Å²) in [4.78, 5) is 24.3. The smallest absolute Gasteiger partial charge is 0.269 e. The minimum Gasteiger partial charge on any atom is -0.342 e. The quantitative estimate of drug-likeness (QED) is 0.679. The highest BCUT2D eigenvalue weighted by Crippen LogP contribution is 2.16. The van der Waals surface area contributed by atoms with Gasteiger partial charge in [-0.15, -0.1) is 12.4 Å². The van der Waals surface area contributed by atoms with E-state index in [9.17, 15) is 14.9 Å². The van der Waals surface area contributed by atoms with Crippen molar-refractivity contribution >= 4 is 24.0 Å². The Morgan fingerprint density at radius 2 is 2.10 bits per heavy atom. The van der Waals surface area contributed by atoms with E-state index in [2.05, 4.69) is 5.32 Å². The van der Waals surface area contributed by atoms with Crippen LogP contribution < -0.4 is 5.32 Å². The van der Waals surface area contributed by atoms with Crippen LogP contribution in [0.1, 0.15) is 18.4 Å². The summed E-state index contributed by atoms with van der Waals surface area (Å²) in [6, 6.07) is 6.54. The van der Waals surface area contributed by atoms with E-state index < -0.39 is 4.92 Å². The maximum Gasteiger partial charge on any atom is 0.269 e. The molecule has 2 rings (SSSR count). The van der Waals surface area contributed by atoms with Gasteiger partial charge in [-0.25, -0.2) is 0 Å². The van der Waals surface area contributed by atoms with Crippen LogP contribution in [0.3, 0.4) is 0 Å². The van der Waals surface area contributed by atoms with Gasteiger partial charge in [0.1, 0.15) is 0 Å². The van der Waals surface area contributed by atoms with E-state index >= 15 is 0 Å². The second-order valence-corrected chi connectivity index (χ2v) is 5.09. The van der Waals surface area contributed by atoms with Crippen molar-refractivity contribution in [3.05, 3.63) is 39.9 Å². The molecule has 0 aliphatic carbocycles. The van der Waals surface area contributed by atoms with Crippen LogP contribution in [-0.2, 0) is 11.2 Å². The van der Waals surface area contributed by atoms with E-state index in [0.717, 1.165) is 25.9 Å². The molecule has 1 amide bonds. The van der Waals surface area contributed by atoms with Gasteiger partial charge >= 0.3 is 0 Å². The summed E-state index contributed by atoms with van der Waals surface area (Å²) in [5, 5.41) is 14.0. The Kier molecular flexibility index (Phi) is 6.58. The summed E-state index contributed by atoms with van der Waals surface area (Å²) >= 11 is 0. The number of likely N-dealkylation sites (N-methyl/N-ethyl adjacent to an activating group) is 1. The normalized spacial score (nSPS) is 15.1. The zero-order valence-corrected chi connectivity index (χ0v) is 12.8. The molecule has 1 heterocycles. The summed E-state index contributed by atoms with van der Waals surface area (Å²) in [6.07, 6.45) is 2.12. The second kappa shape index (κ2) is 7.95. The highest BCUT2D eigenvalue weighted by molar-refractivity contribution is 5.85. The predicted octanol–water partition coefficient (Wildman–Crippen LogP) is 1.77. The number of amides is 1. The molecule has 0 unspecified atom stereocenters. The third-order valence-electron chi connectivity index (χ3n) is 3.73. The predicted molar refractivity (Wildman–Crippen MR) is 82.7 cm³/mol. The van der Waals surface area contributed by atoms with Crippen molar-refractivity contribution in [2.75, 3.05) is 20.1 Å². The highest BCUT2D eigenvalue weighted by Gasteiger charge is 2.22. The largest absolute Gasteiger partial charge is 0.342 e. The zero-order chi connectivity index (χ0) is 14.5. The molecule has 1 aromatic carbocycles. The van der Waals surface area contributed by atoms with Crippen LogP contribution in [0.25, 0.3) is 0 Å². The number of benzene rings is 1. The van der Waals surface area contributed by atoms with Crippen LogP contribution in [0.2, 0.25) is 0 Å². The fourth-order valence-corrected chi connectivity index (χ4v) is 2.48. The van der Waals surface area contributed by atoms with Gasteiger partial charge in [0.25, 0.3) is 5.69 Å². The maximum atomic E-state index is 12.2. The standard InChI is InChI=1S/C14H19N3O3.ClH/c1-16(12-5-7-15-8-6-12)14(18)10-11-3-2-4-13(9-11)17(19)20;/h2-4,9,12,15H,5-8,10H2,1H3;1H. The molecule has 1 fully saturated rings. The number of rotatable bonds is 4. The number of non-ortho nitro benzene ring substituents is 1. The SMILES string of the molecule is CN(C(=O)Cc1cccc([N+](=O)[O-])c1)C1CCNCC1.Cl. The third kappa shape index (κ3) is 4.68. The van der Waals surface area contributed by atoms with Crippen molar-refractivity contribution < 1.29 is 9.72 Å². The third-order valence-corrected chi connectivity index (χ3v) is 3.73. The highest BCUT2D eigenvalue weighted by atomic mass is 35.5. The van der Waals surface area contributed by atoms with E-state index in [4.69, 9.17) is 0 Å². The molecule has 1 N–H and O–H groups in total. The van der Waals surface area contributed by atoms with Crippen LogP contribution in [0.5, 0.6) is 0 Å². The Bertz CT molecular complexity index is 504. The lowest BCUT2D eigenvalue weighted by molar-refractivity contribution is -0.384. The fraction of sp³-hybridized carbons (Fsp3) is 0.500. The lowest BCUT2D eigenvalue weighted by Gasteiger charge is -2.31. The summed E-state index contributed by atoms with van der Waals surface area (Å²) < 4.78 is 0. The van der Waals surface area contributed by atoms with E-state index in [1.807, 2.05) is 7.05 Å². The molecule has 1 saturated heterocycles. The Morgan fingerprint density at radius 1 is 1.43 bits per heavy atom. The van der Waals surface area contributed by atoms with Gasteiger partial charge in [-0.3, -0.25) is 14.9 Å². The second-order valence-electron chi connectivity index (χ2n) is 5.09. The molecule has 0 atom stereocenters. The van der Waals surface area contributed by atoms with Gasteiger partial charge in [0.05, 0.1) is 11.3 Å². The number of piperidine rings is 1. The Balaban J connectivity index is 0.00000220. The molecule has 1 aromatic rings. The molecule has 0 bridgehead atoms. The van der Waals surface area contributed by atoms with Crippen molar-refractivity contribution in [3.8, 4) is 0 Å². The summed E-state index contributed by atoms with van der Waals surface area (Å²) in [5.41, 5.74) is 0.713. The summed E-state index contributed by atoms with van der Waals surface area (Å²) in [7, 11) is 1.82. The van der Waals surface area contributed by atoms with Gasteiger partial charge < -0.3 is 10.2 Å². The van der Waals surface area contributed by atoms with Crippen molar-refractivity contribution in [3.63, 3.8) is 0 Å². The van der Waals surface area contributed by atoms with E-state index in [-0.39, 0.29) is 36.5 Å². The molecule has 21 heavy (non-hydrogen) atoms. The van der Waals surface area contributed by atoms with Gasteiger partial charge in [-0.2, -0.15) is 0 Å². The minimum absolute atomic E-state index is 0. The monoisotopic (exact) mass is 313 g/mol. The molecular formula is C14H20ClN3O3. The molecule has 6 nitrogen and oxygen atoms in total. The molecule has 7 heteroatoms. The molecule has 0 radical (unpaired) electrons. The first kappa shape index (κ1) is 17.4. The average molecular weight is 314 g/mol. The van der Waals surface area contributed by atoms with Crippen LogP contribution in [0.4, 0.5) is 5.69 Å². The molecule has 116 valence electrons. The van der Waals surface area contributed by atoms with Gasteiger partial charge in [0.2, 0.25) is 5.91 Å². The molecule has 0 spiro atoms. The van der Waals surface area contributed by atoms with Crippen LogP contribution in [-0.4, -0.2) is 41.9 Å². The molecule has 0 aromatic heterocycles. The number of nitrogens with zero attached hydrogens (tertiary/aromatic N) is 2. The molecule has 1 aliphatic rings. The van der Waals surface area contributed by atoms with Gasteiger partial charge in [-0.1, -0.05) is 12.1 Å².